The molecule has 0 aliphatic heterocycles. The number of para-hydroxylation sites is 2. The Balaban J connectivity index is 1.64. The third kappa shape index (κ3) is 3.42. The summed E-state index contributed by atoms with van der Waals surface area (Å²) in [5, 5.41) is 0. The minimum atomic E-state index is -0.150. The summed E-state index contributed by atoms with van der Waals surface area (Å²) in [5.41, 5.74) is 2.61. The molecule has 1 unspecified atom stereocenters. The van der Waals surface area contributed by atoms with E-state index in [1.807, 2.05) is 59.5 Å². The molecular weight excluding hydrogens is 338 g/mol. The summed E-state index contributed by atoms with van der Waals surface area (Å²) >= 11 is 0. The number of carbonyl (C=O) groups excluding carboxylic acids is 1. The third-order valence-electron chi connectivity index (χ3n) is 5.66. The van der Waals surface area contributed by atoms with Crippen LogP contribution in [0, 0.1) is 5.92 Å². The van der Waals surface area contributed by atoms with Crippen LogP contribution in [-0.2, 0) is 24.9 Å². The second-order valence-electron chi connectivity index (χ2n) is 7.50. The number of hydrogen-bond donors (Lipinski definition) is 0. The molecule has 1 saturated carbocycles. The molecule has 0 spiro atoms. The molecule has 1 aliphatic carbocycles. The third-order valence-corrected chi connectivity index (χ3v) is 5.66. The van der Waals surface area contributed by atoms with E-state index in [0.29, 0.717) is 12.5 Å². The van der Waals surface area contributed by atoms with Crippen LogP contribution in [0.25, 0.3) is 11.0 Å². The highest BCUT2D eigenvalue weighted by Gasteiger charge is 2.34. The zero-order chi connectivity index (χ0) is 19.0. The lowest BCUT2D eigenvalue weighted by atomic mass is 10.1. The van der Waals surface area contributed by atoms with Crippen LogP contribution in [0.4, 0.5) is 0 Å². The standard InChI is InChI=1S/C22H25N3O2/c1-16(18-12-13-18)24(14-17-8-4-3-5-9-17)21(26)15-25-20-11-7-6-10-19(20)23(2)22(25)27/h3-11,16,18H,12-15H2,1-2H3. The summed E-state index contributed by atoms with van der Waals surface area (Å²) in [6.07, 6.45) is 2.35. The summed E-state index contributed by atoms with van der Waals surface area (Å²) in [6.45, 7) is 2.78. The molecule has 0 radical (unpaired) electrons. The van der Waals surface area contributed by atoms with Gasteiger partial charge in [0.05, 0.1) is 11.0 Å². The molecule has 1 fully saturated rings. The van der Waals surface area contributed by atoms with E-state index in [1.54, 1.807) is 16.2 Å². The summed E-state index contributed by atoms with van der Waals surface area (Å²) in [5.74, 6) is 0.568. The Bertz CT molecular complexity index is 1010. The van der Waals surface area contributed by atoms with E-state index in [1.165, 1.54) is 12.8 Å². The first-order chi connectivity index (χ1) is 13.1. The molecule has 5 heteroatoms. The van der Waals surface area contributed by atoms with Crippen LogP contribution < -0.4 is 5.69 Å². The molecule has 4 rings (SSSR count). The van der Waals surface area contributed by atoms with Gasteiger partial charge in [0.25, 0.3) is 0 Å². The highest BCUT2D eigenvalue weighted by Crippen LogP contribution is 2.35. The molecule has 1 aromatic heterocycles. The number of aryl methyl sites for hydroxylation is 1. The number of imidazole rings is 1. The van der Waals surface area contributed by atoms with E-state index < -0.39 is 0 Å². The van der Waals surface area contributed by atoms with Gasteiger partial charge in [0, 0.05) is 19.6 Å². The number of amides is 1. The Labute approximate surface area is 158 Å². The van der Waals surface area contributed by atoms with E-state index in [-0.39, 0.29) is 24.2 Å². The predicted molar refractivity (Wildman–Crippen MR) is 106 cm³/mol. The molecule has 27 heavy (non-hydrogen) atoms. The number of aromatic nitrogens is 2. The molecule has 0 N–H and O–H groups in total. The summed E-state index contributed by atoms with van der Waals surface area (Å²) in [6, 6.07) is 17.9. The fourth-order valence-corrected chi connectivity index (χ4v) is 3.81. The smallest absolute Gasteiger partial charge is 0.329 e. The minimum absolute atomic E-state index is 0.00305. The van der Waals surface area contributed by atoms with Crippen molar-refractivity contribution in [2.45, 2.75) is 38.9 Å². The van der Waals surface area contributed by atoms with Gasteiger partial charge in [0.2, 0.25) is 5.91 Å². The van der Waals surface area contributed by atoms with Crippen molar-refractivity contribution in [3.05, 3.63) is 70.6 Å². The van der Waals surface area contributed by atoms with Crippen LogP contribution >= 0.6 is 0 Å². The largest absolute Gasteiger partial charge is 0.334 e. The van der Waals surface area contributed by atoms with Crippen molar-refractivity contribution >= 4 is 16.9 Å². The first kappa shape index (κ1) is 17.6. The quantitative estimate of drug-likeness (QED) is 0.675. The molecular formula is C22H25N3O2. The van der Waals surface area contributed by atoms with Crippen LogP contribution in [-0.4, -0.2) is 26.0 Å². The molecule has 1 amide bonds. The van der Waals surface area contributed by atoms with Crippen molar-refractivity contribution in [3.63, 3.8) is 0 Å². The van der Waals surface area contributed by atoms with Gasteiger partial charge in [-0.2, -0.15) is 0 Å². The first-order valence-electron chi connectivity index (χ1n) is 9.54. The lowest BCUT2D eigenvalue weighted by molar-refractivity contribution is -0.135. The monoisotopic (exact) mass is 363 g/mol. The van der Waals surface area contributed by atoms with E-state index in [9.17, 15) is 9.59 Å². The first-order valence-corrected chi connectivity index (χ1v) is 9.54. The van der Waals surface area contributed by atoms with Crippen LogP contribution in [0.1, 0.15) is 25.3 Å². The number of fused-ring (bicyclic) bond motifs is 1. The second-order valence-corrected chi connectivity index (χ2v) is 7.50. The molecule has 140 valence electrons. The maximum absolute atomic E-state index is 13.3. The average molecular weight is 363 g/mol. The topological polar surface area (TPSA) is 47.2 Å². The van der Waals surface area contributed by atoms with Gasteiger partial charge < -0.3 is 4.90 Å². The van der Waals surface area contributed by atoms with Crippen LogP contribution in [0.3, 0.4) is 0 Å². The summed E-state index contributed by atoms with van der Waals surface area (Å²) < 4.78 is 3.20. The molecule has 5 nitrogen and oxygen atoms in total. The summed E-state index contributed by atoms with van der Waals surface area (Å²) in [7, 11) is 1.75. The van der Waals surface area contributed by atoms with Gasteiger partial charge in [-0.05, 0) is 43.4 Å². The van der Waals surface area contributed by atoms with Gasteiger partial charge in [0.15, 0.2) is 0 Å². The number of carbonyl (C=O) groups is 1. The van der Waals surface area contributed by atoms with Crippen LogP contribution in [0.2, 0.25) is 0 Å². The Morgan fingerprint density at radius 1 is 1.07 bits per heavy atom. The predicted octanol–water partition coefficient (Wildman–Crippen LogP) is 3.17. The zero-order valence-corrected chi connectivity index (χ0v) is 15.8. The van der Waals surface area contributed by atoms with Gasteiger partial charge in [-0.25, -0.2) is 4.79 Å². The molecule has 1 aliphatic rings. The molecule has 0 bridgehead atoms. The van der Waals surface area contributed by atoms with Crippen molar-refractivity contribution in [2.24, 2.45) is 13.0 Å². The van der Waals surface area contributed by atoms with Crippen LogP contribution in [0.15, 0.2) is 59.4 Å². The van der Waals surface area contributed by atoms with Crippen molar-refractivity contribution in [2.75, 3.05) is 0 Å². The van der Waals surface area contributed by atoms with Gasteiger partial charge in [-0.3, -0.25) is 13.9 Å². The minimum Gasteiger partial charge on any atom is -0.334 e. The van der Waals surface area contributed by atoms with Gasteiger partial charge in [0.1, 0.15) is 6.54 Å². The average Bonchev–Trinajstić information content (AvgIpc) is 3.51. The maximum Gasteiger partial charge on any atom is 0.329 e. The van der Waals surface area contributed by atoms with Gasteiger partial charge in [-0.1, -0.05) is 42.5 Å². The normalized spacial score (nSPS) is 15.0. The second kappa shape index (κ2) is 7.06. The van der Waals surface area contributed by atoms with E-state index in [4.69, 9.17) is 0 Å². The zero-order valence-electron chi connectivity index (χ0n) is 15.8. The summed E-state index contributed by atoms with van der Waals surface area (Å²) in [4.78, 5) is 27.9. The van der Waals surface area contributed by atoms with E-state index in [0.717, 1.165) is 16.6 Å². The molecule has 2 aromatic carbocycles. The molecule has 1 heterocycles. The van der Waals surface area contributed by atoms with Crippen molar-refractivity contribution < 1.29 is 4.79 Å². The number of benzene rings is 2. The number of rotatable bonds is 6. The van der Waals surface area contributed by atoms with Crippen molar-refractivity contribution in [3.8, 4) is 0 Å². The fraction of sp³-hybridized carbons (Fsp3) is 0.364. The van der Waals surface area contributed by atoms with E-state index >= 15 is 0 Å². The van der Waals surface area contributed by atoms with E-state index in [2.05, 4.69) is 6.92 Å². The Kier molecular flexibility index (Phi) is 4.60. The Hall–Kier alpha value is -2.82. The van der Waals surface area contributed by atoms with Gasteiger partial charge >= 0.3 is 5.69 Å². The Morgan fingerprint density at radius 3 is 2.37 bits per heavy atom. The molecule has 0 saturated heterocycles. The van der Waals surface area contributed by atoms with Gasteiger partial charge in [-0.15, -0.1) is 0 Å². The SMILES string of the molecule is CC(C1CC1)N(Cc1ccccc1)C(=O)Cn1c(=O)n(C)c2ccccc21. The van der Waals surface area contributed by atoms with Crippen molar-refractivity contribution in [1.29, 1.82) is 0 Å². The molecule has 1 atom stereocenters. The lowest BCUT2D eigenvalue weighted by Crippen LogP contribution is -2.42. The van der Waals surface area contributed by atoms with Crippen molar-refractivity contribution in [1.82, 2.24) is 14.0 Å². The lowest BCUT2D eigenvalue weighted by Gasteiger charge is -2.30. The fourth-order valence-electron chi connectivity index (χ4n) is 3.81. The number of nitrogens with zero attached hydrogens (tertiary/aromatic N) is 3. The maximum atomic E-state index is 13.3. The highest BCUT2D eigenvalue weighted by molar-refractivity contribution is 5.81. The van der Waals surface area contributed by atoms with Crippen LogP contribution in [0.5, 0.6) is 0 Å². The number of hydrogen-bond acceptors (Lipinski definition) is 2. The molecule has 3 aromatic rings. The highest BCUT2D eigenvalue weighted by atomic mass is 16.2. The Morgan fingerprint density at radius 2 is 1.70 bits per heavy atom.